The zero-order valence-electron chi connectivity index (χ0n) is 31.1. The topological polar surface area (TPSA) is 98.6 Å². The van der Waals surface area contributed by atoms with Crippen molar-refractivity contribution in [2.45, 2.75) is 119 Å². The van der Waals surface area contributed by atoms with Gasteiger partial charge in [-0.25, -0.2) is 0 Å². The smallest absolute Gasteiger partial charge is 0.264 e. The predicted octanol–water partition coefficient (Wildman–Crippen LogP) is 10.3. The van der Waals surface area contributed by atoms with Crippen LogP contribution in [0.3, 0.4) is 0 Å². The first kappa shape index (κ1) is 38.6. The van der Waals surface area contributed by atoms with Gasteiger partial charge in [-0.05, 0) is 136 Å². The van der Waals surface area contributed by atoms with E-state index in [2.05, 4.69) is 81.8 Å². The third-order valence-corrected chi connectivity index (χ3v) is 10.6. The van der Waals surface area contributed by atoms with Crippen LogP contribution >= 0.6 is 0 Å². The van der Waals surface area contributed by atoms with Crippen molar-refractivity contribution in [2.24, 2.45) is 22.7 Å². The quantitative estimate of drug-likeness (QED) is 0.213. The highest BCUT2D eigenvalue weighted by Gasteiger charge is 2.32. The van der Waals surface area contributed by atoms with Gasteiger partial charge in [0.2, 0.25) is 0 Å². The van der Waals surface area contributed by atoms with E-state index in [0.717, 1.165) is 76.8 Å². The van der Waals surface area contributed by atoms with Crippen molar-refractivity contribution < 1.29 is 22.4 Å². The van der Waals surface area contributed by atoms with Crippen LogP contribution < -0.4 is 4.74 Å². The SMILES string of the molecule is CC(C)(C)C1CCC(OS(C)(=O)=O)CC1.Cc1ccc2cc(O)ccc2n1.Cc1ccc2cc(OC3CCC(C(C)(C)C)CC3)ccc2n1. The average molecular weight is 691 g/mol. The van der Waals surface area contributed by atoms with Crippen LogP contribution in [0.5, 0.6) is 11.5 Å². The first-order valence-corrected chi connectivity index (χ1v) is 19.7. The molecule has 0 unspecified atom stereocenters. The van der Waals surface area contributed by atoms with Crippen molar-refractivity contribution >= 4 is 31.9 Å². The van der Waals surface area contributed by atoms with E-state index in [-0.39, 0.29) is 11.9 Å². The molecule has 2 heterocycles. The minimum absolute atomic E-state index is 0.0846. The number of phenolic OH excluding ortho intramolecular Hbond substituents is 1. The monoisotopic (exact) mass is 690 g/mol. The van der Waals surface area contributed by atoms with Gasteiger partial charge in [-0.2, -0.15) is 8.42 Å². The van der Waals surface area contributed by atoms with Gasteiger partial charge in [0.05, 0.1) is 29.5 Å². The molecule has 0 amide bonds. The molecule has 0 aliphatic heterocycles. The van der Waals surface area contributed by atoms with Gasteiger partial charge < -0.3 is 9.84 Å². The van der Waals surface area contributed by atoms with Gasteiger partial charge in [0.1, 0.15) is 11.5 Å². The summed E-state index contributed by atoms with van der Waals surface area (Å²) >= 11 is 0. The number of fused-ring (bicyclic) bond motifs is 2. The number of pyridine rings is 2. The minimum atomic E-state index is -3.28. The van der Waals surface area contributed by atoms with Crippen LogP contribution in [0.2, 0.25) is 0 Å². The lowest BCUT2D eigenvalue weighted by atomic mass is 9.72. The van der Waals surface area contributed by atoms with E-state index in [1.165, 1.54) is 25.7 Å². The van der Waals surface area contributed by atoms with E-state index in [1.807, 2.05) is 32.0 Å². The normalized spacial score (nSPS) is 21.7. The van der Waals surface area contributed by atoms with Gasteiger partial charge in [-0.15, -0.1) is 0 Å². The van der Waals surface area contributed by atoms with Crippen molar-refractivity contribution in [3.8, 4) is 11.5 Å². The maximum Gasteiger partial charge on any atom is 0.264 e. The highest BCUT2D eigenvalue weighted by atomic mass is 32.2. The molecule has 268 valence electrons. The Morgan fingerprint density at radius 3 is 1.55 bits per heavy atom. The van der Waals surface area contributed by atoms with Crippen molar-refractivity contribution in [3.05, 3.63) is 72.1 Å². The Hall–Kier alpha value is -3.23. The molecule has 0 radical (unpaired) electrons. The second-order valence-electron chi connectivity index (χ2n) is 16.2. The standard InChI is InChI=1S/C20H27NO.C11H22O3S.C10H9NO/c1-14-5-6-15-13-18(11-12-19(15)21-14)22-17-9-7-16(8-10-17)20(2,3)4;1-11(2,3)9-5-7-10(8-6-9)14-15(4,12)13;1-7-2-3-8-6-9(12)4-5-10(8)11-7/h5-6,11-13,16-17H,7-10H2,1-4H3;9-10H,5-8H2,1-4H3;2-6,12H,1H3. The lowest BCUT2D eigenvalue weighted by Gasteiger charge is -2.36. The van der Waals surface area contributed by atoms with Crippen LogP contribution in [-0.4, -0.2) is 42.0 Å². The molecule has 8 heteroatoms. The zero-order valence-corrected chi connectivity index (χ0v) is 31.9. The summed E-state index contributed by atoms with van der Waals surface area (Å²) < 4.78 is 33.2. The molecule has 2 fully saturated rings. The summed E-state index contributed by atoms with van der Waals surface area (Å²) in [5.74, 6) is 2.79. The van der Waals surface area contributed by atoms with Crippen LogP contribution in [0.25, 0.3) is 21.8 Å². The van der Waals surface area contributed by atoms with Crippen LogP contribution in [0, 0.1) is 36.5 Å². The number of aromatic nitrogens is 2. The van der Waals surface area contributed by atoms with E-state index < -0.39 is 10.1 Å². The molecule has 49 heavy (non-hydrogen) atoms. The molecule has 2 aromatic carbocycles. The number of ether oxygens (including phenoxy) is 1. The minimum Gasteiger partial charge on any atom is -0.508 e. The van der Waals surface area contributed by atoms with Crippen LogP contribution in [0.1, 0.15) is 104 Å². The molecule has 2 aliphatic rings. The van der Waals surface area contributed by atoms with Gasteiger partial charge in [-0.3, -0.25) is 14.2 Å². The second-order valence-corrected chi connectivity index (χ2v) is 17.8. The van der Waals surface area contributed by atoms with Crippen molar-refractivity contribution in [3.63, 3.8) is 0 Å². The molecule has 6 rings (SSSR count). The van der Waals surface area contributed by atoms with Gasteiger partial charge in [-0.1, -0.05) is 53.7 Å². The average Bonchev–Trinajstić information content (AvgIpc) is 3.01. The maximum absolute atomic E-state index is 11.0. The molecule has 7 nitrogen and oxygen atoms in total. The molecule has 2 saturated carbocycles. The number of hydrogen-bond acceptors (Lipinski definition) is 7. The van der Waals surface area contributed by atoms with Crippen molar-refractivity contribution in [1.29, 1.82) is 0 Å². The summed E-state index contributed by atoms with van der Waals surface area (Å²) in [4.78, 5) is 8.85. The van der Waals surface area contributed by atoms with E-state index in [1.54, 1.807) is 12.1 Å². The third kappa shape index (κ3) is 12.2. The number of aromatic hydroxyl groups is 1. The molecule has 4 aromatic rings. The Labute approximate surface area is 295 Å². The largest absolute Gasteiger partial charge is 0.508 e. The van der Waals surface area contributed by atoms with E-state index in [4.69, 9.17) is 8.92 Å². The van der Waals surface area contributed by atoms with Crippen molar-refractivity contribution in [2.75, 3.05) is 6.26 Å². The Balaban J connectivity index is 0.000000175. The van der Waals surface area contributed by atoms with E-state index in [9.17, 15) is 13.5 Å². The second kappa shape index (κ2) is 16.2. The molecular weight excluding hydrogens is 633 g/mol. The number of nitrogens with zero attached hydrogens (tertiary/aromatic N) is 2. The molecular formula is C41H58N2O5S. The molecule has 2 aromatic heterocycles. The Kier molecular flexibility index (Phi) is 12.7. The fourth-order valence-electron chi connectivity index (χ4n) is 7.01. The molecule has 1 N–H and O–H groups in total. The fourth-order valence-corrected chi connectivity index (χ4v) is 7.69. The first-order chi connectivity index (χ1) is 22.9. The molecule has 0 bridgehead atoms. The number of benzene rings is 2. The van der Waals surface area contributed by atoms with Crippen LogP contribution in [0.15, 0.2) is 60.7 Å². The fraction of sp³-hybridized carbons (Fsp3) is 0.561. The zero-order chi connectivity index (χ0) is 36.0. The maximum atomic E-state index is 11.0. The lowest BCUT2D eigenvalue weighted by Crippen LogP contribution is -2.30. The van der Waals surface area contributed by atoms with Gasteiger partial charge >= 0.3 is 0 Å². The summed E-state index contributed by atoms with van der Waals surface area (Å²) in [5.41, 5.74) is 4.78. The third-order valence-electron chi connectivity index (χ3n) is 10.0. The highest BCUT2D eigenvalue weighted by molar-refractivity contribution is 7.86. The van der Waals surface area contributed by atoms with E-state index in [0.29, 0.717) is 22.9 Å². The molecule has 0 saturated heterocycles. The number of hydrogen-bond donors (Lipinski definition) is 1. The summed E-state index contributed by atoms with van der Waals surface area (Å²) in [6.07, 6.45) is 10.2. The van der Waals surface area contributed by atoms with Crippen LogP contribution in [-0.2, 0) is 14.3 Å². The summed E-state index contributed by atoms with van der Waals surface area (Å²) in [5, 5.41) is 11.3. The highest BCUT2D eigenvalue weighted by Crippen LogP contribution is 2.40. The van der Waals surface area contributed by atoms with Crippen LogP contribution in [0.4, 0.5) is 0 Å². The summed E-state index contributed by atoms with van der Waals surface area (Å²) in [7, 11) is -3.28. The van der Waals surface area contributed by atoms with Gasteiger partial charge in [0.15, 0.2) is 0 Å². The first-order valence-electron chi connectivity index (χ1n) is 17.8. The van der Waals surface area contributed by atoms with Crippen molar-refractivity contribution in [1.82, 2.24) is 9.97 Å². The Morgan fingerprint density at radius 1 is 0.633 bits per heavy atom. The Morgan fingerprint density at radius 2 is 1.08 bits per heavy atom. The number of rotatable bonds is 4. The van der Waals surface area contributed by atoms with E-state index >= 15 is 0 Å². The lowest BCUT2D eigenvalue weighted by molar-refractivity contribution is 0.0883. The molecule has 2 aliphatic carbocycles. The predicted molar refractivity (Wildman–Crippen MR) is 202 cm³/mol. The number of phenols is 1. The number of aryl methyl sites for hydroxylation is 2. The Bertz CT molecular complexity index is 1730. The van der Waals surface area contributed by atoms with Gasteiger partial charge in [0.25, 0.3) is 10.1 Å². The molecule has 0 spiro atoms. The van der Waals surface area contributed by atoms with Gasteiger partial charge in [0, 0.05) is 22.2 Å². The molecule has 0 atom stereocenters. The summed E-state index contributed by atoms with van der Waals surface area (Å²) in [6.45, 7) is 17.8. The summed E-state index contributed by atoms with van der Waals surface area (Å²) in [6, 6.07) is 19.5.